The molecule has 132 valence electrons. The van der Waals surface area contributed by atoms with Crippen LogP contribution in [0.1, 0.15) is 18.1 Å². The molecule has 25 heavy (non-hydrogen) atoms. The summed E-state index contributed by atoms with van der Waals surface area (Å²) in [7, 11) is 2.00. The summed E-state index contributed by atoms with van der Waals surface area (Å²) in [6, 6.07) is 7.76. The van der Waals surface area contributed by atoms with Gasteiger partial charge in [0.05, 0.1) is 12.3 Å². The number of amides is 1. The van der Waals surface area contributed by atoms with Crippen molar-refractivity contribution in [2.75, 3.05) is 25.2 Å². The summed E-state index contributed by atoms with van der Waals surface area (Å²) in [5.74, 6) is 0.952. The van der Waals surface area contributed by atoms with Gasteiger partial charge < -0.3 is 20.2 Å². The average Bonchev–Trinajstić information content (AvgIpc) is 2.63. The molecule has 0 spiro atoms. The highest BCUT2D eigenvalue weighted by molar-refractivity contribution is 5.70. The van der Waals surface area contributed by atoms with Crippen LogP contribution in [0.25, 0.3) is 0 Å². The number of carbonyl (C=O) groups excluding carboxylic acids is 1. The lowest BCUT2D eigenvalue weighted by Crippen LogP contribution is -2.43. The molecular weight excluding hydrogens is 320 g/mol. The molecule has 7 nitrogen and oxygen atoms in total. The monoisotopic (exact) mass is 342 g/mol. The number of hydrogen-bond acceptors (Lipinski definition) is 6. The molecule has 0 saturated carbocycles. The number of primary amides is 1. The summed E-state index contributed by atoms with van der Waals surface area (Å²) in [6.07, 6.45) is 3.53. The van der Waals surface area contributed by atoms with Crippen LogP contribution in [0.3, 0.4) is 0 Å². The lowest BCUT2D eigenvalue weighted by molar-refractivity contribution is 0.202. The maximum absolute atomic E-state index is 11.4. The Kier molecular flexibility index (Phi) is 5.04. The number of nitrogens with zero attached hydrogens (tertiary/aromatic N) is 3. The largest absolute Gasteiger partial charge is 0.490 e. The maximum Gasteiger partial charge on any atom is 0.410 e. The van der Waals surface area contributed by atoms with Crippen LogP contribution >= 0.6 is 0 Å². The zero-order chi connectivity index (χ0) is 17.8. The molecule has 1 aromatic carbocycles. The van der Waals surface area contributed by atoms with E-state index in [2.05, 4.69) is 15.0 Å². The molecule has 0 unspecified atom stereocenters. The first-order valence-electron chi connectivity index (χ1n) is 8.23. The summed E-state index contributed by atoms with van der Waals surface area (Å²) in [5.41, 5.74) is 8.36. The number of rotatable bonds is 5. The lowest BCUT2D eigenvalue weighted by Gasteiger charge is -2.37. The maximum atomic E-state index is 11.4. The molecule has 2 N–H and O–H groups in total. The van der Waals surface area contributed by atoms with Crippen molar-refractivity contribution in [3.05, 3.63) is 47.8 Å². The standard InChI is InChI=1S/C18H22N4O3/c1-3-24-16-5-4-13-8-11-22(12-15(13)17(16)25-18(19)23)21(2)14-6-9-20-10-7-14/h4-7,9-10H,3,8,11-12H2,1-2H3,(H2,19,23). The van der Waals surface area contributed by atoms with E-state index >= 15 is 0 Å². The van der Waals surface area contributed by atoms with Crippen molar-refractivity contribution < 1.29 is 14.3 Å². The summed E-state index contributed by atoms with van der Waals surface area (Å²) in [5, 5.41) is 4.26. The van der Waals surface area contributed by atoms with Gasteiger partial charge in [0.2, 0.25) is 0 Å². The first kappa shape index (κ1) is 17.0. The molecule has 0 bridgehead atoms. The molecule has 0 radical (unpaired) electrons. The van der Waals surface area contributed by atoms with Crippen molar-refractivity contribution in [3.8, 4) is 11.5 Å². The van der Waals surface area contributed by atoms with E-state index in [1.807, 2.05) is 38.2 Å². The van der Waals surface area contributed by atoms with Gasteiger partial charge in [-0.3, -0.25) is 4.98 Å². The Morgan fingerprint density at radius 1 is 1.32 bits per heavy atom. The van der Waals surface area contributed by atoms with E-state index in [9.17, 15) is 4.79 Å². The van der Waals surface area contributed by atoms with E-state index in [1.165, 1.54) is 0 Å². The molecule has 0 aliphatic carbocycles. The second-order valence-electron chi connectivity index (χ2n) is 5.75. The highest BCUT2D eigenvalue weighted by Crippen LogP contribution is 2.37. The minimum absolute atomic E-state index is 0.416. The number of pyridine rings is 1. The van der Waals surface area contributed by atoms with E-state index in [4.69, 9.17) is 15.2 Å². The first-order valence-corrected chi connectivity index (χ1v) is 8.23. The molecule has 1 aliphatic rings. The molecular formula is C18H22N4O3. The van der Waals surface area contributed by atoms with E-state index in [-0.39, 0.29) is 0 Å². The number of benzene rings is 1. The number of carbonyl (C=O) groups is 1. The van der Waals surface area contributed by atoms with Gasteiger partial charge in [0.15, 0.2) is 11.5 Å². The molecule has 7 heteroatoms. The SMILES string of the molecule is CCOc1ccc2c(c1OC(N)=O)CN(N(C)c1ccncc1)CC2. The molecule has 0 atom stereocenters. The predicted molar refractivity (Wildman–Crippen MR) is 94.6 cm³/mol. The molecule has 0 fully saturated rings. The Hall–Kier alpha value is -2.80. The van der Waals surface area contributed by atoms with Gasteiger partial charge in [0.1, 0.15) is 0 Å². The van der Waals surface area contributed by atoms with E-state index in [0.717, 1.165) is 29.8 Å². The number of hydrogen-bond donors (Lipinski definition) is 1. The lowest BCUT2D eigenvalue weighted by atomic mass is 9.99. The number of nitrogens with two attached hydrogens (primary N) is 1. The van der Waals surface area contributed by atoms with E-state index in [1.54, 1.807) is 12.4 Å². The van der Waals surface area contributed by atoms with Gasteiger partial charge in [0.25, 0.3) is 0 Å². The third-order valence-electron chi connectivity index (χ3n) is 4.26. The van der Waals surface area contributed by atoms with Crippen molar-refractivity contribution in [1.29, 1.82) is 0 Å². The van der Waals surface area contributed by atoms with Gasteiger partial charge in [-0.05, 0) is 37.1 Å². The molecule has 2 heterocycles. The fourth-order valence-electron chi connectivity index (χ4n) is 3.03. The zero-order valence-electron chi connectivity index (χ0n) is 14.4. The van der Waals surface area contributed by atoms with Crippen LogP contribution in [-0.2, 0) is 13.0 Å². The fourth-order valence-corrected chi connectivity index (χ4v) is 3.03. The summed E-state index contributed by atoms with van der Waals surface area (Å²) < 4.78 is 10.9. The zero-order valence-corrected chi connectivity index (χ0v) is 14.4. The quantitative estimate of drug-likeness (QED) is 0.898. The topological polar surface area (TPSA) is 80.9 Å². The second kappa shape index (κ2) is 7.40. The molecule has 1 aromatic heterocycles. The average molecular weight is 342 g/mol. The third-order valence-corrected chi connectivity index (χ3v) is 4.26. The Morgan fingerprint density at radius 3 is 2.76 bits per heavy atom. The predicted octanol–water partition coefficient (Wildman–Crippen LogP) is 2.35. The summed E-state index contributed by atoms with van der Waals surface area (Å²) in [6.45, 7) is 3.82. The molecule has 0 saturated heterocycles. The van der Waals surface area contributed by atoms with E-state index in [0.29, 0.717) is 24.7 Å². The van der Waals surface area contributed by atoms with Crippen LogP contribution in [0, 0.1) is 0 Å². The van der Waals surface area contributed by atoms with Crippen LogP contribution in [0.2, 0.25) is 0 Å². The second-order valence-corrected chi connectivity index (χ2v) is 5.75. The Morgan fingerprint density at radius 2 is 2.08 bits per heavy atom. The molecule has 2 aromatic rings. The molecule has 3 rings (SSSR count). The van der Waals surface area contributed by atoms with Gasteiger partial charge >= 0.3 is 6.09 Å². The summed E-state index contributed by atoms with van der Waals surface area (Å²) >= 11 is 0. The van der Waals surface area contributed by atoms with Crippen LogP contribution < -0.4 is 20.2 Å². The number of hydrazine groups is 1. The third kappa shape index (κ3) is 3.66. The van der Waals surface area contributed by atoms with Gasteiger partial charge in [-0.2, -0.15) is 0 Å². The number of ether oxygens (including phenoxy) is 2. The van der Waals surface area contributed by atoms with Crippen LogP contribution in [-0.4, -0.2) is 36.3 Å². The van der Waals surface area contributed by atoms with Gasteiger partial charge in [-0.25, -0.2) is 9.80 Å². The van der Waals surface area contributed by atoms with Crippen molar-refractivity contribution in [2.24, 2.45) is 5.73 Å². The van der Waals surface area contributed by atoms with E-state index < -0.39 is 6.09 Å². The highest BCUT2D eigenvalue weighted by atomic mass is 16.6. The Labute approximate surface area is 146 Å². The normalized spacial score (nSPS) is 13.8. The van der Waals surface area contributed by atoms with Crippen molar-refractivity contribution in [3.63, 3.8) is 0 Å². The Bertz CT molecular complexity index is 751. The van der Waals surface area contributed by atoms with Gasteiger partial charge in [-0.15, -0.1) is 0 Å². The minimum atomic E-state index is -0.839. The van der Waals surface area contributed by atoms with Crippen molar-refractivity contribution in [1.82, 2.24) is 9.99 Å². The van der Waals surface area contributed by atoms with Gasteiger partial charge in [0, 0.05) is 38.1 Å². The Balaban J connectivity index is 1.92. The number of anilines is 1. The number of aromatic nitrogens is 1. The van der Waals surface area contributed by atoms with Crippen molar-refractivity contribution in [2.45, 2.75) is 19.9 Å². The molecule has 1 amide bonds. The van der Waals surface area contributed by atoms with Crippen molar-refractivity contribution >= 4 is 11.8 Å². The van der Waals surface area contributed by atoms with Crippen LogP contribution in [0.15, 0.2) is 36.7 Å². The smallest absolute Gasteiger partial charge is 0.410 e. The summed E-state index contributed by atoms with van der Waals surface area (Å²) in [4.78, 5) is 15.4. The fraction of sp³-hybridized carbons (Fsp3) is 0.333. The highest BCUT2D eigenvalue weighted by Gasteiger charge is 2.26. The van der Waals surface area contributed by atoms with Gasteiger partial charge in [-0.1, -0.05) is 6.07 Å². The van der Waals surface area contributed by atoms with Crippen LogP contribution in [0.5, 0.6) is 11.5 Å². The first-order chi connectivity index (χ1) is 12.1. The minimum Gasteiger partial charge on any atom is -0.490 e. The van der Waals surface area contributed by atoms with Crippen LogP contribution in [0.4, 0.5) is 10.5 Å². The molecule has 1 aliphatic heterocycles. The number of fused-ring (bicyclic) bond motifs is 1.